The highest BCUT2D eigenvalue weighted by Crippen LogP contribution is 2.16. The van der Waals surface area contributed by atoms with Crippen LogP contribution in [0, 0.1) is 6.92 Å². The lowest BCUT2D eigenvalue weighted by molar-refractivity contribution is 0.955. The van der Waals surface area contributed by atoms with Crippen molar-refractivity contribution in [1.82, 2.24) is 9.97 Å². The second-order valence-corrected chi connectivity index (χ2v) is 4.10. The fourth-order valence-corrected chi connectivity index (χ4v) is 1.64. The van der Waals surface area contributed by atoms with Crippen molar-refractivity contribution in [2.45, 2.75) is 20.3 Å². The number of aryl methyl sites for hydroxylation is 1. The molecule has 0 saturated heterocycles. The third kappa shape index (κ3) is 3.45. The molecule has 18 heavy (non-hydrogen) atoms. The molecular formula is C14H18N4. The van der Waals surface area contributed by atoms with Crippen LogP contribution in [0.3, 0.4) is 0 Å². The molecule has 0 unspecified atom stereocenters. The van der Waals surface area contributed by atoms with Crippen LogP contribution in [-0.2, 0) is 0 Å². The quantitative estimate of drug-likeness (QED) is 0.844. The maximum atomic E-state index is 4.37. The molecule has 1 heterocycles. The van der Waals surface area contributed by atoms with Crippen LogP contribution >= 0.6 is 0 Å². The molecule has 2 rings (SSSR count). The highest BCUT2D eigenvalue weighted by Gasteiger charge is 2.01. The van der Waals surface area contributed by atoms with Gasteiger partial charge >= 0.3 is 0 Å². The molecule has 0 atom stereocenters. The van der Waals surface area contributed by atoms with Gasteiger partial charge in [-0.1, -0.05) is 25.1 Å². The van der Waals surface area contributed by atoms with E-state index in [9.17, 15) is 0 Å². The van der Waals surface area contributed by atoms with Crippen molar-refractivity contribution >= 4 is 17.3 Å². The van der Waals surface area contributed by atoms with Gasteiger partial charge in [-0.05, 0) is 25.5 Å². The summed E-state index contributed by atoms with van der Waals surface area (Å²) in [6.45, 7) is 4.94. The molecule has 0 aliphatic carbocycles. The zero-order valence-corrected chi connectivity index (χ0v) is 10.8. The van der Waals surface area contributed by atoms with Crippen molar-refractivity contribution in [3.8, 4) is 0 Å². The fourth-order valence-electron chi connectivity index (χ4n) is 1.64. The van der Waals surface area contributed by atoms with Gasteiger partial charge in [0.1, 0.15) is 17.5 Å². The second kappa shape index (κ2) is 6.00. The van der Waals surface area contributed by atoms with Crippen LogP contribution < -0.4 is 10.6 Å². The Hall–Kier alpha value is -2.10. The number of para-hydroxylation sites is 1. The summed E-state index contributed by atoms with van der Waals surface area (Å²) in [5.74, 6) is 2.43. The largest absolute Gasteiger partial charge is 0.370 e. The van der Waals surface area contributed by atoms with E-state index in [0.29, 0.717) is 0 Å². The van der Waals surface area contributed by atoms with Crippen molar-refractivity contribution in [2.75, 3.05) is 17.2 Å². The summed E-state index contributed by atoms with van der Waals surface area (Å²) in [7, 11) is 0. The van der Waals surface area contributed by atoms with Gasteiger partial charge in [0.05, 0.1) is 0 Å². The van der Waals surface area contributed by atoms with Crippen LogP contribution in [0.5, 0.6) is 0 Å². The van der Waals surface area contributed by atoms with Gasteiger partial charge in [0, 0.05) is 18.3 Å². The Balaban J connectivity index is 2.15. The highest BCUT2D eigenvalue weighted by molar-refractivity contribution is 5.58. The monoisotopic (exact) mass is 242 g/mol. The van der Waals surface area contributed by atoms with Crippen molar-refractivity contribution in [2.24, 2.45) is 0 Å². The number of hydrogen-bond acceptors (Lipinski definition) is 4. The summed E-state index contributed by atoms with van der Waals surface area (Å²) in [6.07, 6.45) is 1.07. The molecule has 0 aliphatic heterocycles. The lowest BCUT2D eigenvalue weighted by Crippen LogP contribution is -2.05. The molecule has 0 amide bonds. The van der Waals surface area contributed by atoms with Crippen molar-refractivity contribution < 1.29 is 0 Å². The summed E-state index contributed by atoms with van der Waals surface area (Å²) in [5, 5.41) is 6.54. The first-order chi connectivity index (χ1) is 8.78. The van der Waals surface area contributed by atoms with E-state index < -0.39 is 0 Å². The van der Waals surface area contributed by atoms with E-state index in [2.05, 4.69) is 27.5 Å². The maximum absolute atomic E-state index is 4.37. The molecule has 2 N–H and O–H groups in total. The normalized spacial score (nSPS) is 10.1. The van der Waals surface area contributed by atoms with Crippen molar-refractivity contribution in [3.63, 3.8) is 0 Å². The van der Waals surface area contributed by atoms with Crippen molar-refractivity contribution in [1.29, 1.82) is 0 Å². The van der Waals surface area contributed by atoms with Gasteiger partial charge in [0.15, 0.2) is 0 Å². The summed E-state index contributed by atoms with van der Waals surface area (Å²) in [5.41, 5.74) is 1.03. The first kappa shape index (κ1) is 12.4. The average Bonchev–Trinajstić information content (AvgIpc) is 2.37. The zero-order chi connectivity index (χ0) is 12.8. The van der Waals surface area contributed by atoms with Crippen LogP contribution in [-0.4, -0.2) is 16.5 Å². The van der Waals surface area contributed by atoms with Gasteiger partial charge in [-0.2, -0.15) is 0 Å². The van der Waals surface area contributed by atoms with Crippen LogP contribution in [0.4, 0.5) is 17.3 Å². The SMILES string of the molecule is CCCNc1cc(Nc2ccccc2)nc(C)n1. The number of benzene rings is 1. The Kier molecular flexibility index (Phi) is 4.12. The molecule has 0 fully saturated rings. The summed E-state index contributed by atoms with van der Waals surface area (Å²) >= 11 is 0. The molecule has 4 nitrogen and oxygen atoms in total. The Bertz CT molecular complexity index is 496. The third-order valence-electron chi connectivity index (χ3n) is 2.44. The van der Waals surface area contributed by atoms with Gasteiger partial charge < -0.3 is 10.6 Å². The molecule has 4 heteroatoms. The molecule has 2 aromatic rings. The molecule has 0 radical (unpaired) electrons. The molecule has 94 valence electrons. The van der Waals surface area contributed by atoms with Gasteiger partial charge in [0.25, 0.3) is 0 Å². The lowest BCUT2D eigenvalue weighted by atomic mass is 10.3. The standard InChI is InChI=1S/C14H18N4/c1-3-9-15-13-10-14(17-11(2)16-13)18-12-7-5-4-6-8-12/h4-8,10H,3,9H2,1-2H3,(H2,15,16,17,18). The average molecular weight is 242 g/mol. The number of anilines is 3. The van der Waals surface area contributed by atoms with E-state index in [1.165, 1.54) is 0 Å². The highest BCUT2D eigenvalue weighted by atomic mass is 15.1. The van der Waals surface area contributed by atoms with E-state index in [-0.39, 0.29) is 0 Å². The molecule has 0 bridgehead atoms. The number of aromatic nitrogens is 2. The maximum Gasteiger partial charge on any atom is 0.136 e. The van der Waals surface area contributed by atoms with Crippen LogP contribution in [0.15, 0.2) is 36.4 Å². The Morgan fingerprint density at radius 1 is 1.06 bits per heavy atom. The van der Waals surface area contributed by atoms with Crippen LogP contribution in [0.1, 0.15) is 19.2 Å². The van der Waals surface area contributed by atoms with Crippen molar-refractivity contribution in [3.05, 3.63) is 42.2 Å². The van der Waals surface area contributed by atoms with Crippen LogP contribution in [0.2, 0.25) is 0 Å². The molecule has 1 aromatic heterocycles. The van der Waals surface area contributed by atoms with Gasteiger partial charge in [-0.25, -0.2) is 9.97 Å². The molecule has 0 aliphatic rings. The fraction of sp³-hybridized carbons (Fsp3) is 0.286. The topological polar surface area (TPSA) is 49.8 Å². The van der Waals surface area contributed by atoms with Gasteiger partial charge in [0.2, 0.25) is 0 Å². The van der Waals surface area contributed by atoms with E-state index >= 15 is 0 Å². The molecule has 0 spiro atoms. The third-order valence-corrected chi connectivity index (χ3v) is 2.44. The van der Waals surface area contributed by atoms with E-state index in [0.717, 1.165) is 36.1 Å². The first-order valence-corrected chi connectivity index (χ1v) is 6.19. The number of rotatable bonds is 5. The number of nitrogens with zero attached hydrogens (tertiary/aromatic N) is 2. The minimum absolute atomic E-state index is 0.759. The number of nitrogens with one attached hydrogen (secondary N) is 2. The summed E-state index contributed by atoms with van der Waals surface area (Å²) in [6, 6.07) is 11.9. The minimum atomic E-state index is 0.759. The summed E-state index contributed by atoms with van der Waals surface area (Å²) < 4.78 is 0. The molecular weight excluding hydrogens is 224 g/mol. The molecule has 1 aromatic carbocycles. The molecule has 0 saturated carbocycles. The van der Waals surface area contributed by atoms with Gasteiger partial charge in [-0.15, -0.1) is 0 Å². The minimum Gasteiger partial charge on any atom is -0.370 e. The first-order valence-electron chi connectivity index (χ1n) is 6.19. The predicted octanol–water partition coefficient (Wildman–Crippen LogP) is 3.35. The van der Waals surface area contributed by atoms with E-state index in [1.807, 2.05) is 43.3 Å². The smallest absolute Gasteiger partial charge is 0.136 e. The summed E-state index contributed by atoms with van der Waals surface area (Å²) in [4.78, 5) is 8.73. The second-order valence-electron chi connectivity index (χ2n) is 4.10. The number of hydrogen-bond donors (Lipinski definition) is 2. The predicted molar refractivity (Wildman–Crippen MR) is 75.3 cm³/mol. The lowest BCUT2D eigenvalue weighted by Gasteiger charge is -2.09. The van der Waals surface area contributed by atoms with E-state index in [1.54, 1.807) is 0 Å². The van der Waals surface area contributed by atoms with Crippen LogP contribution in [0.25, 0.3) is 0 Å². The Labute approximate surface area is 107 Å². The zero-order valence-electron chi connectivity index (χ0n) is 10.8. The Morgan fingerprint density at radius 2 is 1.78 bits per heavy atom. The van der Waals surface area contributed by atoms with E-state index in [4.69, 9.17) is 0 Å². The van der Waals surface area contributed by atoms with Gasteiger partial charge in [-0.3, -0.25) is 0 Å². The Morgan fingerprint density at radius 3 is 2.50 bits per heavy atom.